The molecule has 0 spiro atoms. The van der Waals surface area contributed by atoms with Crippen LogP contribution in [0.4, 0.5) is 11.4 Å². The van der Waals surface area contributed by atoms with Crippen molar-refractivity contribution in [3.05, 3.63) is 58.1 Å². The number of nitrogens with zero attached hydrogens (tertiary/aromatic N) is 1. The molecule has 1 fully saturated rings. The van der Waals surface area contributed by atoms with E-state index in [0.29, 0.717) is 6.54 Å². The van der Waals surface area contributed by atoms with Gasteiger partial charge in [0.05, 0.1) is 5.92 Å². The van der Waals surface area contributed by atoms with Gasteiger partial charge in [-0.3, -0.25) is 9.59 Å². The Bertz CT molecular complexity index is 863. The summed E-state index contributed by atoms with van der Waals surface area (Å²) in [6.07, 6.45) is 0.253. The second-order valence-electron chi connectivity index (χ2n) is 7.46. The van der Waals surface area contributed by atoms with Gasteiger partial charge in [0.25, 0.3) is 0 Å². The van der Waals surface area contributed by atoms with Gasteiger partial charge in [-0.25, -0.2) is 0 Å². The molecule has 26 heavy (non-hydrogen) atoms. The zero-order valence-corrected chi connectivity index (χ0v) is 16.1. The van der Waals surface area contributed by atoms with Crippen LogP contribution in [-0.2, 0) is 9.59 Å². The van der Waals surface area contributed by atoms with Crippen LogP contribution in [0, 0.1) is 40.5 Å². The fourth-order valence-corrected chi connectivity index (χ4v) is 3.89. The van der Waals surface area contributed by atoms with E-state index in [1.54, 1.807) is 4.90 Å². The van der Waals surface area contributed by atoms with Gasteiger partial charge in [-0.1, -0.05) is 35.4 Å². The Hall–Kier alpha value is -2.62. The molecule has 1 atom stereocenters. The highest BCUT2D eigenvalue weighted by atomic mass is 16.2. The molecule has 4 nitrogen and oxygen atoms in total. The third kappa shape index (κ3) is 3.50. The Morgan fingerprint density at radius 1 is 0.962 bits per heavy atom. The van der Waals surface area contributed by atoms with Crippen LogP contribution in [0.25, 0.3) is 0 Å². The summed E-state index contributed by atoms with van der Waals surface area (Å²) in [6, 6.07) is 10.1. The van der Waals surface area contributed by atoms with E-state index < -0.39 is 0 Å². The largest absolute Gasteiger partial charge is 0.326 e. The van der Waals surface area contributed by atoms with Crippen molar-refractivity contribution in [3.63, 3.8) is 0 Å². The van der Waals surface area contributed by atoms with E-state index in [-0.39, 0.29) is 24.2 Å². The standard InChI is InChI=1S/C22H26N2O2/c1-13-6-7-19(15(3)8-13)23-22(26)18-11-20(25)24(12-18)21-16(4)9-14(2)10-17(21)5/h6-10,18H,11-12H2,1-5H3,(H,23,26). The first-order chi connectivity index (χ1) is 12.3. The summed E-state index contributed by atoms with van der Waals surface area (Å²) in [4.78, 5) is 27.1. The minimum atomic E-state index is -0.330. The van der Waals surface area contributed by atoms with E-state index in [0.717, 1.165) is 33.6 Å². The molecule has 2 aromatic rings. The smallest absolute Gasteiger partial charge is 0.229 e. The third-order valence-electron chi connectivity index (χ3n) is 5.04. The first-order valence-corrected chi connectivity index (χ1v) is 9.02. The summed E-state index contributed by atoms with van der Waals surface area (Å²) >= 11 is 0. The maximum atomic E-state index is 12.7. The van der Waals surface area contributed by atoms with Crippen LogP contribution in [0.5, 0.6) is 0 Å². The van der Waals surface area contributed by atoms with E-state index in [4.69, 9.17) is 0 Å². The number of carbonyl (C=O) groups excluding carboxylic acids is 2. The quantitative estimate of drug-likeness (QED) is 0.901. The van der Waals surface area contributed by atoms with Crippen LogP contribution in [0.1, 0.15) is 34.2 Å². The Kier molecular flexibility index (Phi) is 4.86. The van der Waals surface area contributed by atoms with Crippen LogP contribution in [0.15, 0.2) is 30.3 Å². The number of nitrogens with one attached hydrogen (secondary N) is 1. The monoisotopic (exact) mass is 350 g/mol. The molecule has 0 saturated carbocycles. The van der Waals surface area contributed by atoms with Gasteiger partial charge >= 0.3 is 0 Å². The number of hydrogen-bond acceptors (Lipinski definition) is 2. The van der Waals surface area contributed by atoms with Gasteiger partial charge in [-0.15, -0.1) is 0 Å². The third-order valence-corrected chi connectivity index (χ3v) is 5.04. The lowest BCUT2D eigenvalue weighted by molar-refractivity contribution is -0.122. The summed E-state index contributed by atoms with van der Waals surface area (Å²) in [6.45, 7) is 10.5. The second kappa shape index (κ2) is 6.94. The number of carbonyl (C=O) groups is 2. The van der Waals surface area contributed by atoms with Gasteiger partial charge < -0.3 is 10.2 Å². The summed E-state index contributed by atoms with van der Waals surface area (Å²) < 4.78 is 0. The predicted molar refractivity (Wildman–Crippen MR) is 106 cm³/mol. The molecule has 1 heterocycles. The van der Waals surface area contributed by atoms with Gasteiger partial charge in [-0.05, 0) is 57.4 Å². The Morgan fingerprint density at radius 3 is 2.19 bits per heavy atom. The van der Waals surface area contributed by atoms with Crippen LogP contribution < -0.4 is 10.2 Å². The molecule has 2 amide bonds. The topological polar surface area (TPSA) is 49.4 Å². The zero-order chi connectivity index (χ0) is 19.0. The molecule has 1 saturated heterocycles. The predicted octanol–water partition coefficient (Wildman–Crippen LogP) is 4.22. The second-order valence-corrected chi connectivity index (χ2v) is 7.46. The number of anilines is 2. The average Bonchev–Trinajstić information content (AvgIpc) is 2.91. The van der Waals surface area contributed by atoms with E-state index in [1.165, 1.54) is 5.56 Å². The number of hydrogen-bond donors (Lipinski definition) is 1. The number of benzene rings is 2. The average molecular weight is 350 g/mol. The highest BCUT2D eigenvalue weighted by molar-refractivity contribution is 6.04. The number of aryl methyl sites for hydroxylation is 5. The highest BCUT2D eigenvalue weighted by Gasteiger charge is 2.36. The molecule has 2 aromatic carbocycles. The maximum absolute atomic E-state index is 12.7. The maximum Gasteiger partial charge on any atom is 0.229 e. The molecule has 0 aromatic heterocycles. The van der Waals surface area contributed by atoms with Crippen LogP contribution in [-0.4, -0.2) is 18.4 Å². The SMILES string of the molecule is Cc1ccc(NC(=O)C2CC(=O)N(c3c(C)cc(C)cc3C)C2)c(C)c1. The number of rotatable bonds is 3. The van der Waals surface area contributed by atoms with Crippen LogP contribution >= 0.6 is 0 Å². The van der Waals surface area contributed by atoms with E-state index in [1.807, 2.05) is 45.9 Å². The van der Waals surface area contributed by atoms with Crippen LogP contribution in [0.2, 0.25) is 0 Å². The molecule has 0 radical (unpaired) electrons. The summed E-state index contributed by atoms with van der Waals surface area (Å²) in [5, 5.41) is 2.99. The van der Waals surface area contributed by atoms with Crippen molar-refractivity contribution in [2.45, 2.75) is 41.0 Å². The van der Waals surface area contributed by atoms with Crippen molar-refractivity contribution in [2.75, 3.05) is 16.8 Å². The van der Waals surface area contributed by atoms with E-state index in [9.17, 15) is 9.59 Å². The molecule has 1 unspecified atom stereocenters. The molecule has 0 aliphatic carbocycles. The summed E-state index contributed by atoms with van der Waals surface area (Å²) in [5.41, 5.74) is 7.28. The molecule has 1 aliphatic rings. The van der Waals surface area contributed by atoms with Gasteiger partial charge in [0.2, 0.25) is 11.8 Å². The number of amides is 2. The van der Waals surface area contributed by atoms with Crippen molar-refractivity contribution in [1.29, 1.82) is 0 Å². The van der Waals surface area contributed by atoms with Crippen LogP contribution in [0.3, 0.4) is 0 Å². The van der Waals surface area contributed by atoms with E-state index in [2.05, 4.69) is 24.4 Å². The van der Waals surface area contributed by atoms with E-state index >= 15 is 0 Å². The molecule has 4 heteroatoms. The lowest BCUT2D eigenvalue weighted by Crippen LogP contribution is -2.29. The fraction of sp³-hybridized carbons (Fsp3) is 0.364. The lowest BCUT2D eigenvalue weighted by atomic mass is 10.0. The molecule has 1 aliphatic heterocycles. The Labute approximate surface area is 155 Å². The van der Waals surface area contributed by atoms with Crippen molar-refractivity contribution in [1.82, 2.24) is 0 Å². The minimum Gasteiger partial charge on any atom is -0.326 e. The van der Waals surface area contributed by atoms with Crippen molar-refractivity contribution >= 4 is 23.2 Å². The van der Waals surface area contributed by atoms with Gasteiger partial charge in [0.1, 0.15) is 0 Å². The summed E-state index contributed by atoms with van der Waals surface area (Å²) in [5.74, 6) is -0.403. The van der Waals surface area contributed by atoms with Gasteiger partial charge in [0.15, 0.2) is 0 Å². The Balaban J connectivity index is 1.78. The minimum absolute atomic E-state index is 0.0147. The van der Waals surface area contributed by atoms with Crippen molar-refractivity contribution in [2.24, 2.45) is 5.92 Å². The molecule has 3 rings (SSSR count). The normalized spacial score (nSPS) is 16.9. The molecular weight excluding hydrogens is 324 g/mol. The zero-order valence-electron chi connectivity index (χ0n) is 16.1. The van der Waals surface area contributed by atoms with Gasteiger partial charge in [0, 0.05) is 24.3 Å². The van der Waals surface area contributed by atoms with Crippen molar-refractivity contribution in [3.8, 4) is 0 Å². The molecule has 136 valence electrons. The Morgan fingerprint density at radius 2 is 1.58 bits per heavy atom. The molecule has 0 bridgehead atoms. The summed E-state index contributed by atoms with van der Waals surface area (Å²) in [7, 11) is 0. The first-order valence-electron chi connectivity index (χ1n) is 9.02. The fourth-order valence-electron chi connectivity index (χ4n) is 3.89. The lowest BCUT2D eigenvalue weighted by Gasteiger charge is -2.22. The van der Waals surface area contributed by atoms with Gasteiger partial charge in [-0.2, -0.15) is 0 Å². The highest BCUT2D eigenvalue weighted by Crippen LogP contribution is 2.32. The molecular formula is C22H26N2O2. The first kappa shape index (κ1) is 18.2. The molecule has 1 N–H and O–H groups in total. The van der Waals surface area contributed by atoms with Crippen molar-refractivity contribution < 1.29 is 9.59 Å².